The maximum atomic E-state index is 13.0. The van der Waals surface area contributed by atoms with Gasteiger partial charge < -0.3 is 25.6 Å². The fourth-order valence-electron chi connectivity index (χ4n) is 4.73. The van der Waals surface area contributed by atoms with Crippen LogP contribution < -0.4 is 20.7 Å². The number of rotatable bonds is 7. The number of pyridine rings is 1. The number of ether oxygens (including phenoxy) is 1. The Bertz CT molecular complexity index is 1360. The molecule has 2 fully saturated rings. The molecule has 192 valence electrons. The second kappa shape index (κ2) is 11.0. The number of carbonyl (C=O) groups excluding carboxylic acids is 1. The summed E-state index contributed by atoms with van der Waals surface area (Å²) in [6.45, 7) is 4.33. The lowest BCUT2D eigenvalue weighted by Crippen LogP contribution is -2.46. The highest BCUT2D eigenvalue weighted by Gasteiger charge is 2.32. The predicted molar refractivity (Wildman–Crippen MR) is 147 cm³/mol. The van der Waals surface area contributed by atoms with Crippen molar-refractivity contribution in [3.8, 4) is 11.8 Å². The van der Waals surface area contributed by atoms with Gasteiger partial charge in [-0.1, -0.05) is 23.2 Å². The molecular formula is C27H28Cl2N6O2. The Balaban J connectivity index is 1.42. The van der Waals surface area contributed by atoms with Gasteiger partial charge in [-0.15, -0.1) is 0 Å². The Hall–Kier alpha value is -3.25. The van der Waals surface area contributed by atoms with Crippen LogP contribution in [-0.4, -0.2) is 47.7 Å². The van der Waals surface area contributed by atoms with Crippen LogP contribution in [0.25, 0.3) is 10.9 Å². The molecule has 1 aromatic heterocycles. The van der Waals surface area contributed by atoms with Gasteiger partial charge in [0, 0.05) is 47.8 Å². The summed E-state index contributed by atoms with van der Waals surface area (Å²) in [7, 11) is 0. The SMILES string of the molecule is CCOc1cc2ncc(C#N)c(Nc3ccc(Cl)cc3Cl)c2cc1NC(=O)NC1CCN(C2CC2)CC1. The van der Waals surface area contributed by atoms with Crippen LogP contribution in [0.1, 0.15) is 38.2 Å². The van der Waals surface area contributed by atoms with Crippen LogP contribution >= 0.6 is 23.2 Å². The van der Waals surface area contributed by atoms with E-state index < -0.39 is 0 Å². The molecule has 0 radical (unpaired) electrons. The van der Waals surface area contributed by atoms with E-state index in [4.69, 9.17) is 27.9 Å². The first kappa shape index (κ1) is 25.4. The molecular weight excluding hydrogens is 511 g/mol. The largest absolute Gasteiger partial charge is 0.492 e. The number of halogens is 2. The maximum absolute atomic E-state index is 13.0. The molecule has 0 atom stereocenters. The van der Waals surface area contributed by atoms with Crippen molar-refractivity contribution in [2.45, 2.75) is 44.7 Å². The lowest BCUT2D eigenvalue weighted by atomic mass is 10.1. The van der Waals surface area contributed by atoms with Crippen molar-refractivity contribution in [1.29, 1.82) is 5.26 Å². The number of hydrogen-bond acceptors (Lipinski definition) is 6. The summed E-state index contributed by atoms with van der Waals surface area (Å²) in [5.74, 6) is 0.501. The van der Waals surface area contributed by atoms with Crippen molar-refractivity contribution in [2.75, 3.05) is 30.3 Å². The summed E-state index contributed by atoms with van der Waals surface area (Å²) in [6, 6.07) is 11.4. The molecule has 1 saturated carbocycles. The van der Waals surface area contributed by atoms with E-state index >= 15 is 0 Å². The van der Waals surface area contributed by atoms with Crippen molar-refractivity contribution in [3.63, 3.8) is 0 Å². The van der Waals surface area contributed by atoms with E-state index in [0.717, 1.165) is 32.0 Å². The van der Waals surface area contributed by atoms with E-state index in [-0.39, 0.29) is 12.1 Å². The number of aromatic nitrogens is 1. The van der Waals surface area contributed by atoms with E-state index in [0.29, 0.717) is 55.9 Å². The van der Waals surface area contributed by atoms with E-state index in [2.05, 4.69) is 31.9 Å². The van der Waals surface area contributed by atoms with Crippen LogP contribution in [0.15, 0.2) is 36.5 Å². The van der Waals surface area contributed by atoms with Gasteiger partial charge in [-0.3, -0.25) is 4.98 Å². The van der Waals surface area contributed by atoms with Gasteiger partial charge in [0.05, 0.1) is 39.8 Å². The molecule has 10 heteroatoms. The lowest BCUT2D eigenvalue weighted by molar-refractivity contribution is 0.189. The Kier molecular flexibility index (Phi) is 7.56. The number of piperidine rings is 1. The van der Waals surface area contributed by atoms with Crippen molar-refractivity contribution >= 4 is 57.2 Å². The standard InChI is InChI=1S/C27H28Cl2N6O2/c1-2-37-25-13-23-20(26(16(14-30)15-31-23)33-22-6-3-17(28)11-21(22)29)12-24(25)34-27(36)32-18-7-9-35(10-8-18)19-4-5-19/h3,6,11-13,15,18-19H,2,4-5,7-10H2,1H3,(H,31,33)(H2,32,34,36). The predicted octanol–water partition coefficient (Wildman–Crippen LogP) is 6.30. The number of nitrogens with one attached hydrogen (secondary N) is 3. The third-order valence-electron chi connectivity index (χ3n) is 6.76. The molecule has 2 heterocycles. The highest BCUT2D eigenvalue weighted by atomic mass is 35.5. The quantitative estimate of drug-likeness (QED) is 0.326. The highest BCUT2D eigenvalue weighted by Crippen LogP contribution is 2.38. The zero-order chi connectivity index (χ0) is 25.9. The van der Waals surface area contributed by atoms with Gasteiger partial charge in [-0.2, -0.15) is 5.26 Å². The van der Waals surface area contributed by atoms with Gasteiger partial charge in [0.15, 0.2) is 0 Å². The molecule has 2 aromatic carbocycles. The topological polar surface area (TPSA) is 102 Å². The summed E-state index contributed by atoms with van der Waals surface area (Å²) in [5.41, 5.74) is 2.54. The first-order valence-corrected chi connectivity index (χ1v) is 13.2. The molecule has 0 spiro atoms. The Morgan fingerprint density at radius 1 is 1.16 bits per heavy atom. The zero-order valence-corrected chi connectivity index (χ0v) is 22.0. The van der Waals surface area contributed by atoms with E-state index in [9.17, 15) is 10.1 Å². The van der Waals surface area contributed by atoms with E-state index in [1.54, 1.807) is 30.3 Å². The minimum Gasteiger partial charge on any atom is -0.492 e. The fraction of sp³-hybridized carbons (Fsp3) is 0.370. The second-order valence-corrected chi connectivity index (χ2v) is 10.2. The molecule has 1 saturated heterocycles. The number of likely N-dealkylation sites (tertiary alicyclic amines) is 1. The molecule has 37 heavy (non-hydrogen) atoms. The van der Waals surface area contributed by atoms with Gasteiger partial charge in [0.2, 0.25) is 0 Å². The highest BCUT2D eigenvalue weighted by molar-refractivity contribution is 6.36. The summed E-state index contributed by atoms with van der Waals surface area (Å²) >= 11 is 12.4. The molecule has 3 aromatic rings. The van der Waals surface area contributed by atoms with Crippen LogP contribution in [0, 0.1) is 11.3 Å². The van der Waals surface area contributed by atoms with Gasteiger partial charge in [-0.25, -0.2) is 4.79 Å². The number of benzene rings is 2. The van der Waals surface area contributed by atoms with Crippen LogP contribution in [-0.2, 0) is 0 Å². The molecule has 0 bridgehead atoms. The van der Waals surface area contributed by atoms with Gasteiger partial charge >= 0.3 is 6.03 Å². The number of urea groups is 1. The smallest absolute Gasteiger partial charge is 0.319 e. The normalized spacial score (nSPS) is 16.3. The molecule has 1 aliphatic carbocycles. The van der Waals surface area contributed by atoms with Gasteiger partial charge in [-0.05, 0) is 56.9 Å². The van der Waals surface area contributed by atoms with E-state index in [1.807, 2.05) is 6.92 Å². The number of hydrogen-bond donors (Lipinski definition) is 3. The fourth-order valence-corrected chi connectivity index (χ4v) is 5.19. The van der Waals surface area contributed by atoms with Crippen LogP contribution in [0.5, 0.6) is 5.75 Å². The molecule has 5 rings (SSSR count). The molecule has 2 aliphatic rings. The number of anilines is 3. The van der Waals surface area contributed by atoms with Crippen molar-refractivity contribution in [2.24, 2.45) is 0 Å². The molecule has 3 N–H and O–H groups in total. The second-order valence-electron chi connectivity index (χ2n) is 9.35. The van der Waals surface area contributed by atoms with Gasteiger partial charge in [0.1, 0.15) is 11.8 Å². The van der Waals surface area contributed by atoms with Crippen molar-refractivity contribution in [1.82, 2.24) is 15.2 Å². The molecule has 8 nitrogen and oxygen atoms in total. The third kappa shape index (κ3) is 5.85. The monoisotopic (exact) mass is 538 g/mol. The third-order valence-corrected chi connectivity index (χ3v) is 7.30. The first-order valence-electron chi connectivity index (χ1n) is 12.5. The van der Waals surface area contributed by atoms with Gasteiger partial charge in [0.25, 0.3) is 0 Å². The Morgan fingerprint density at radius 3 is 2.62 bits per heavy atom. The first-order chi connectivity index (χ1) is 17.9. The minimum atomic E-state index is -0.287. The lowest BCUT2D eigenvalue weighted by Gasteiger charge is -2.32. The number of fused-ring (bicyclic) bond motifs is 1. The zero-order valence-electron chi connectivity index (χ0n) is 20.5. The average Bonchev–Trinajstić information content (AvgIpc) is 3.72. The van der Waals surface area contributed by atoms with Crippen LogP contribution in [0.3, 0.4) is 0 Å². The molecule has 2 amide bonds. The summed E-state index contributed by atoms with van der Waals surface area (Å²) in [4.78, 5) is 19.9. The molecule has 1 aliphatic heterocycles. The number of nitrogens with zero attached hydrogens (tertiary/aromatic N) is 3. The Morgan fingerprint density at radius 2 is 1.95 bits per heavy atom. The van der Waals surface area contributed by atoms with Crippen LogP contribution in [0.2, 0.25) is 10.0 Å². The van der Waals surface area contributed by atoms with Crippen LogP contribution in [0.4, 0.5) is 21.9 Å². The van der Waals surface area contributed by atoms with Crippen molar-refractivity contribution in [3.05, 3.63) is 52.1 Å². The summed E-state index contributed by atoms with van der Waals surface area (Å²) in [6.07, 6.45) is 5.96. The van der Waals surface area contributed by atoms with Crippen molar-refractivity contribution < 1.29 is 9.53 Å². The maximum Gasteiger partial charge on any atom is 0.319 e. The average molecular weight is 539 g/mol. The molecule has 0 unspecified atom stereocenters. The summed E-state index contributed by atoms with van der Waals surface area (Å²) < 4.78 is 5.82. The number of amides is 2. The van der Waals surface area contributed by atoms with E-state index in [1.165, 1.54) is 19.0 Å². The minimum absolute atomic E-state index is 0.127. The number of carbonyl (C=O) groups is 1. The number of nitriles is 1. The summed E-state index contributed by atoms with van der Waals surface area (Å²) in [5, 5.41) is 20.6. The Labute approximate surface area is 225 Å².